The molecule has 0 radical (unpaired) electrons. The first kappa shape index (κ1) is 35.5. The van der Waals surface area contributed by atoms with E-state index in [2.05, 4.69) is 34.4 Å². The van der Waals surface area contributed by atoms with Crippen LogP contribution in [0.4, 0.5) is 5.69 Å². The molecule has 1 unspecified atom stereocenters. The number of benzene rings is 2. The normalized spacial score (nSPS) is 26.8. The molecule has 3 heterocycles. The smallest absolute Gasteiger partial charge is 0.306 e. The van der Waals surface area contributed by atoms with Gasteiger partial charge in [0.25, 0.3) is 5.91 Å². The van der Waals surface area contributed by atoms with Gasteiger partial charge in [-0.25, -0.2) is 0 Å². The maximum Gasteiger partial charge on any atom is 0.306 e. The van der Waals surface area contributed by atoms with E-state index in [1.54, 1.807) is 24.0 Å². The number of fused-ring (bicyclic) bond motifs is 1. The highest BCUT2D eigenvalue weighted by molar-refractivity contribution is 9.09. The average molecular weight is 723 g/mol. The Morgan fingerprint density at radius 1 is 1.15 bits per heavy atom. The van der Waals surface area contributed by atoms with E-state index in [-0.39, 0.29) is 36.9 Å². The number of carbonyl (C=O) groups is 4. The predicted octanol–water partition coefficient (Wildman–Crippen LogP) is 4.32. The predicted molar refractivity (Wildman–Crippen MR) is 185 cm³/mol. The monoisotopic (exact) mass is 721 g/mol. The molecule has 2 N–H and O–H groups in total. The molecule has 11 heteroatoms. The summed E-state index contributed by atoms with van der Waals surface area (Å²) in [5.41, 5.74) is 1.89. The van der Waals surface area contributed by atoms with Crippen LogP contribution in [0.5, 0.6) is 0 Å². The minimum atomic E-state index is -1.33. The Bertz CT molecular complexity index is 1550. The van der Waals surface area contributed by atoms with Gasteiger partial charge in [0.1, 0.15) is 18.2 Å². The highest BCUT2D eigenvalue weighted by Gasteiger charge is 2.77. The van der Waals surface area contributed by atoms with E-state index < -0.39 is 59.5 Å². The van der Waals surface area contributed by atoms with Gasteiger partial charge in [0.05, 0.1) is 36.6 Å². The topological polar surface area (TPSA) is 125 Å². The molecule has 48 heavy (non-hydrogen) atoms. The molecule has 1 spiro atoms. The molecule has 2 aromatic rings. The van der Waals surface area contributed by atoms with Gasteiger partial charge in [-0.15, -0.1) is 13.2 Å². The number of hydrogen-bond acceptors (Lipinski definition) is 7. The van der Waals surface area contributed by atoms with E-state index in [1.807, 2.05) is 62.4 Å². The molecule has 256 valence electrons. The van der Waals surface area contributed by atoms with Crippen molar-refractivity contribution in [3.05, 3.63) is 90.5 Å². The Kier molecular flexibility index (Phi) is 10.9. The Labute approximate surface area is 290 Å². The number of aryl methyl sites for hydroxylation is 2. The number of esters is 1. The number of para-hydroxylation sites is 1. The van der Waals surface area contributed by atoms with Gasteiger partial charge in [-0.1, -0.05) is 76.6 Å². The minimum absolute atomic E-state index is 0.105. The summed E-state index contributed by atoms with van der Waals surface area (Å²) in [5.74, 6) is -3.56. The first-order chi connectivity index (χ1) is 23.0. The summed E-state index contributed by atoms with van der Waals surface area (Å²) >= 11 is 3.72. The standard InChI is InChI=1S/C37H44BrN3O7/c1-6-8-17-28(43)47-21-27(25-15-10-9-11-16-25)39-34(44)29-30-35(45)41(24(5)20-42)33(37(30)19-26(38)32(29)48-37)36(46)40(18-7-2)31-22(3)13-12-14-23(31)4/h6-7,9-16,24,26-27,29-30,32-33,42H,1-2,8,17-21H2,3-5H3,(H,39,44)/t24-,26?,27-,29-,30+,32-,33-,37+/m1/s1. The Morgan fingerprint density at radius 2 is 1.83 bits per heavy atom. The second kappa shape index (κ2) is 14.8. The molecule has 2 aromatic carbocycles. The fraction of sp³-hybridized carbons (Fsp3) is 0.459. The Balaban J connectivity index is 1.51. The third kappa shape index (κ3) is 6.35. The molecule has 3 aliphatic heterocycles. The van der Waals surface area contributed by atoms with Gasteiger partial charge in [-0.3, -0.25) is 19.2 Å². The van der Waals surface area contributed by atoms with E-state index in [0.717, 1.165) is 22.4 Å². The number of halogens is 1. The number of hydrogen-bond donors (Lipinski definition) is 2. The van der Waals surface area contributed by atoms with E-state index in [4.69, 9.17) is 9.47 Å². The number of aliphatic hydroxyl groups excluding tert-OH is 1. The number of anilines is 1. The van der Waals surface area contributed by atoms with Crippen molar-refractivity contribution < 1.29 is 33.8 Å². The lowest BCUT2D eigenvalue weighted by molar-refractivity contribution is -0.146. The number of alkyl halides is 1. The van der Waals surface area contributed by atoms with Crippen molar-refractivity contribution in [2.75, 3.05) is 24.7 Å². The summed E-state index contributed by atoms with van der Waals surface area (Å²) in [6.07, 6.45) is 3.54. The number of carbonyl (C=O) groups excluding carboxylic acids is 4. The summed E-state index contributed by atoms with van der Waals surface area (Å²) in [4.78, 5) is 58.8. The summed E-state index contributed by atoms with van der Waals surface area (Å²) in [5, 5.41) is 13.4. The third-order valence-electron chi connectivity index (χ3n) is 9.77. The molecule has 10 nitrogen and oxygen atoms in total. The lowest BCUT2D eigenvalue weighted by Crippen LogP contribution is -2.59. The van der Waals surface area contributed by atoms with Crippen LogP contribution in [0.1, 0.15) is 48.9 Å². The molecular weight excluding hydrogens is 678 g/mol. The van der Waals surface area contributed by atoms with Crippen LogP contribution in [0.15, 0.2) is 73.8 Å². The summed E-state index contributed by atoms with van der Waals surface area (Å²) < 4.78 is 12.2. The second-order valence-electron chi connectivity index (χ2n) is 12.9. The van der Waals surface area contributed by atoms with Crippen LogP contribution in [-0.2, 0) is 28.7 Å². The molecule has 3 saturated heterocycles. The number of amides is 3. The first-order valence-corrected chi connectivity index (χ1v) is 17.3. The van der Waals surface area contributed by atoms with Gasteiger partial charge in [-0.2, -0.15) is 0 Å². The van der Waals surface area contributed by atoms with Crippen molar-refractivity contribution in [2.24, 2.45) is 11.8 Å². The first-order valence-electron chi connectivity index (χ1n) is 16.4. The number of allylic oxidation sites excluding steroid dienone is 1. The molecule has 0 saturated carbocycles. The fourth-order valence-electron chi connectivity index (χ4n) is 7.65. The van der Waals surface area contributed by atoms with E-state index >= 15 is 0 Å². The molecule has 3 fully saturated rings. The Morgan fingerprint density at radius 3 is 2.46 bits per heavy atom. The summed E-state index contributed by atoms with van der Waals surface area (Å²) in [6.45, 7) is 12.8. The zero-order valence-electron chi connectivity index (χ0n) is 27.6. The maximum absolute atomic E-state index is 14.9. The number of ether oxygens (including phenoxy) is 2. The van der Waals surface area contributed by atoms with Crippen LogP contribution in [0.3, 0.4) is 0 Å². The van der Waals surface area contributed by atoms with Crippen molar-refractivity contribution in [3.63, 3.8) is 0 Å². The second-order valence-corrected chi connectivity index (χ2v) is 14.1. The SMILES string of the molecule is C=CCCC(=O)OC[C@@H](NC(=O)[C@H]1[C@@H]2O[C@@]3(CC2Br)[C@@H]1C(=O)N([C@H](C)CO)[C@@H]3C(=O)N(CC=C)c1c(C)cccc1C)c1ccccc1. The minimum Gasteiger partial charge on any atom is -0.463 e. The molecule has 2 bridgehead atoms. The van der Waals surface area contributed by atoms with Gasteiger partial charge >= 0.3 is 5.97 Å². The number of nitrogens with one attached hydrogen (secondary N) is 1. The number of rotatable bonds is 14. The molecule has 3 aliphatic rings. The fourth-order valence-corrected chi connectivity index (χ4v) is 8.59. The molecule has 8 atom stereocenters. The lowest BCUT2D eigenvalue weighted by atomic mass is 9.70. The lowest BCUT2D eigenvalue weighted by Gasteiger charge is -2.39. The highest BCUT2D eigenvalue weighted by atomic mass is 79.9. The van der Waals surface area contributed by atoms with Gasteiger partial charge in [0, 0.05) is 23.5 Å². The largest absolute Gasteiger partial charge is 0.463 e. The van der Waals surface area contributed by atoms with Crippen molar-refractivity contribution in [2.45, 2.75) is 74.7 Å². The van der Waals surface area contributed by atoms with Crippen LogP contribution >= 0.6 is 15.9 Å². The van der Waals surface area contributed by atoms with E-state index in [0.29, 0.717) is 12.8 Å². The van der Waals surface area contributed by atoms with Crippen molar-refractivity contribution in [3.8, 4) is 0 Å². The van der Waals surface area contributed by atoms with Crippen molar-refractivity contribution in [1.82, 2.24) is 10.2 Å². The van der Waals surface area contributed by atoms with E-state index in [1.165, 1.54) is 4.90 Å². The molecule has 0 aliphatic carbocycles. The molecular formula is C37H44BrN3O7. The summed E-state index contributed by atoms with van der Waals surface area (Å²) in [6, 6.07) is 12.4. The van der Waals surface area contributed by atoms with Crippen molar-refractivity contribution in [1.29, 1.82) is 0 Å². The number of likely N-dealkylation sites (tertiary alicyclic amines) is 1. The molecule has 5 rings (SSSR count). The van der Waals surface area contributed by atoms with Crippen LogP contribution in [0.25, 0.3) is 0 Å². The van der Waals surface area contributed by atoms with Crippen LogP contribution in [0.2, 0.25) is 0 Å². The highest BCUT2D eigenvalue weighted by Crippen LogP contribution is 2.60. The Hall–Kier alpha value is -3.80. The number of aliphatic hydroxyl groups is 1. The molecule has 0 aromatic heterocycles. The molecule has 3 amide bonds. The van der Waals surface area contributed by atoms with Crippen molar-refractivity contribution >= 4 is 45.3 Å². The number of nitrogens with zero attached hydrogens (tertiary/aromatic N) is 2. The maximum atomic E-state index is 14.9. The third-order valence-corrected chi connectivity index (χ3v) is 10.6. The quantitative estimate of drug-likeness (QED) is 0.169. The van der Waals surface area contributed by atoms with Crippen LogP contribution < -0.4 is 10.2 Å². The summed E-state index contributed by atoms with van der Waals surface area (Å²) in [7, 11) is 0. The van der Waals surface area contributed by atoms with Gasteiger partial charge < -0.3 is 29.7 Å². The van der Waals surface area contributed by atoms with Gasteiger partial charge in [0.2, 0.25) is 11.8 Å². The zero-order chi connectivity index (χ0) is 34.7. The van der Waals surface area contributed by atoms with Crippen LogP contribution in [0, 0.1) is 25.7 Å². The van der Waals surface area contributed by atoms with Gasteiger partial charge in [0.15, 0.2) is 0 Å². The van der Waals surface area contributed by atoms with Gasteiger partial charge in [-0.05, 0) is 50.3 Å². The zero-order valence-corrected chi connectivity index (χ0v) is 29.2. The average Bonchev–Trinajstić information content (AvgIpc) is 3.67. The van der Waals surface area contributed by atoms with E-state index in [9.17, 15) is 24.3 Å². The van der Waals surface area contributed by atoms with Crippen LogP contribution in [-0.4, -0.2) is 82.1 Å².